The zero-order valence-electron chi connectivity index (χ0n) is 12.4. The van der Waals surface area contributed by atoms with E-state index >= 15 is 0 Å². The van der Waals surface area contributed by atoms with Crippen molar-refractivity contribution in [2.75, 3.05) is 11.9 Å². The Bertz CT molecular complexity index is 687. The zero-order chi connectivity index (χ0) is 16.8. The minimum absolute atomic E-state index is 0.0864. The number of nitrogens with one attached hydrogen (secondary N) is 2. The number of hydrogen-bond acceptors (Lipinski definition) is 5. The van der Waals surface area contributed by atoms with Crippen LogP contribution in [-0.4, -0.2) is 39.8 Å². The van der Waals surface area contributed by atoms with Crippen molar-refractivity contribution in [3.05, 3.63) is 46.5 Å². The lowest BCUT2D eigenvalue weighted by Gasteiger charge is -2.16. The number of aryl methyl sites for hydroxylation is 1. The monoisotopic (exact) mass is 335 g/mol. The Morgan fingerprint density at radius 1 is 1.30 bits per heavy atom. The smallest absolute Gasteiger partial charge is 0.347 e. The first-order chi connectivity index (χ1) is 11.0. The van der Waals surface area contributed by atoms with Crippen LogP contribution in [0.25, 0.3) is 0 Å². The number of thiazole rings is 1. The molecule has 23 heavy (non-hydrogen) atoms. The largest absolute Gasteiger partial charge is 0.477 e. The highest BCUT2D eigenvalue weighted by Crippen LogP contribution is 2.22. The second-order valence-corrected chi connectivity index (χ2v) is 5.91. The van der Waals surface area contributed by atoms with Crippen LogP contribution in [0.1, 0.15) is 20.9 Å². The number of benzene rings is 1. The van der Waals surface area contributed by atoms with E-state index in [-0.39, 0.29) is 16.6 Å². The molecule has 0 bridgehead atoms. The van der Waals surface area contributed by atoms with Crippen molar-refractivity contribution in [1.29, 1.82) is 0 Å². The Hall–Kier alpha value is -2.45. The van der Waals surface area contributed by atoms with Crippen LogP contribution in [0.4, 0.5) is 9.93 Å². The van der Waals surface area contributed by atoms with Gasteiger partial charge in [0.25, 0.3) is 0 Å². The maximum absolute atomic E-state index is 11.9. The van der Waals surface area contributed by atoms with Gasteiger partial charge in [-0.3, -0.25) is 5.32 Å². The minimum atomic E-state index is -1.08. The number of aromatic carboxylic acids is 1. The normalized spacial score (nSPS) is 11.7. The van der Waals surface area contributed by atoms with Crippen LogP contribution in [0.3, 0.4) is 0 Å². The third kappa shape index (κ3) is 4.76. The summed E-state index contributed by atoms with van der Waals surface area (Å²) in [6, 6.07) is 8.49. The van der Waals surface area contributed by atoms with E-state index in [4.69, 9.17) is 5.11 Å². The number of aliphatic hydroxyl groups is 1. The Morgan fingerprint density at radius 3 is 2.57 bits per heavy atom. The molecule has 1 aromatic heterocycles. The van der Waals surface area contributed by atoms with Crippen LogP contribution in [0, 0.1) is 6.92 Å². The predicted octanol–water partition coefficient (Wildman–Crippen LogP) is 1.87. The van der Waals surface area contributed by atoms with Crippen molar-refractivity contribution in [2.24, 2.45) is 0 Å². The van der Waals surface area contributed by atoms with Gasteiger partial charge in [0, 0.05) is 0 Å². The summed E-state index contributed by atoms with van der Waals surface area (Å²) in [6.45, 7) is 1.36. The number of rotatable bonds is 6. The molecular formula is C15H17N3O4S. The van der Waals surface area contributed by atoms with Crippen LogP contribution in [-0.2, 0) is 6.42 Å². The number of amides is 2. The molecule has 7 nitrogen and oxygen atoms in total. The quantitative estimate of drug-likeness (QED) is 0.644. The standard InChI is InChI=1S/C15H17N3O4S/c1-9-12(13(20)21)23-15(16-9)18-14(22)17-11(8-19)7-10-5-3-2-4-6-10/h2-6,11,19H,7-8H2,1H3,(H,20,21)(H2,16,17,18,22). The van der Waals surface area contributed by atoms with E-state index in [1.807, 2.05) is 30.3 Å². The van der Waals surface area contributed by atoms with Gasteiger partial charge in [0.1, 0.15) is 4.88 Å². The fourth-order valence-electron chi connectivity index (χ4n) is 2.03. The molecule has 1 aromatic carbocycles. The van der Waals surface area contributed by atoms with Crippen molar-refractivity contribution in [3.8, 4) is 0 Å². The van der Waals surface area contributed by atoms with Gasteiger partial charge >= 0.3 is 12.0 Å². The number of anilines is 1. The van der Waals surface area contributed by atoms with Gasteiger partial charge in [0.15, 0.2) is 5.13 Å². The molecular weight excluding hydrogens is 318 g/mol. The van der Waals surface area contributed by atoms with Gasteiger partial charge in [-0.25, -0.2) is 14.6 Å². The Kier molecular flexibility index (Phi) is 5.67. The molecule has 0 saturated carbocycles. The van der Waals surface area contributed by atoms with Crippen molar-refractivity contribution in [2.45, 2.75) is 19.4 Å². The maximum Gasteiger partial charge on any atom is 0.347 e. The van der Waals surface area contributed by atoms with Crippen LogP contribution >= 0.6 is 11.3 Å². The number of aromatic nitrogens is 1. The SMILES string of the molecule is Cc1nc(NC(=O)NC(CO)Cc2ccccc2)sc1C(=O)O. The molecule has 122 valence electrons. The van der Waals surface area contributed by atoms with E-state index in [1.165, 1.54) is 0 Å². The van der Waals surface area contributed by atoms with Gasteiger partial charge in [0.05, 0.1) is 18.3 Å². The van der Waals surface area contributed by atoms with Crippen LogP contribution in [0.5, 0.6) is 0 Å². The third-order valence-electron chi connectivity index (χ3n) is 3.09. The van der Waals surface area contributed by atoms with E-state index in [2.05, 4.69) is 15.6 Å². The molecule has 0 aliphatic heterocycles. The lowest BCUT2D eigenvalue weighted by Crippen LogP contribution is -2.41. The molecule has 8 heteroatoms. The van der Waals surface area contributed by atoms with E-state index in [9.17, 15) is 14.7 Å². The maximum atomic E-state index is 11.9. The molecule has 0 fully saturated rings. The number of carbonyl (C=O) groups excluding carboxylic acids is 1. The molecule has 0 spiro atoms. The molecule has 1 heterocycles. The summed E-state index contributed by atoms with van der Waals surface area (Å²) in [5.74, 6) is -1.08. The van der Waals surface area contributed by atoms with Gasteiger partial charge in [0.2, 0.25) is 0 Å². The number of carboxylic acid groups (broad SMARTS) is 1. The van der Waals surface area contributed by atoms with Gasteiger partial charge in [-0.2, -0.15) is 0 Å². The lowest BCUT2D eigenvalue weighted by atomic mass is 10.1. The highest BCUT2D eigenvalue weighted by molar-refractivity contribution is 7.17. The summed E-state index contributed by atoms with van der Waals surface area (Å²) in [4.78, 5) is 27.0. The molecule has 1 atom stereocenters. The number of carbonyl (C=O) groups is 2. The molecule has 1 unspecified atom stereocenters. The van der Waals surface area contributed by atoms with E-state index in [0.29, 0.717) is 12.1 Å². The molecule has 0 aliphatic rings. The van der Waals surface area contributed by atoms with Gasteiger partial charge < -0.3 is 15.5 Å². The number of hydrogen-bond donors (Lipinski definition) is 4. The lowest BCUT2D eigenvalue weighted by molar-refractivity contribution is 0.0701. The molecule has 2 rings (SSSR count). The zero-order valence-corrected chi connectivity index (χ0v) is 13.3. The van der Waals surface area contributed by atoms with Gasteiger partial charge in [-0.15, -0.1) is 0 Å². The van der Waals surface area contributed by atoms with E-state index in [1.54, 1.807) is 6.92 Å². The minimum Gasteiger partial charge on any atom is -0.477 e. The fraction of sp³-hybridized carbons (Fsp3) is 0.267. The first kappa shape index (κ1) is 16.9. The molecule has 0 radical (unpaired) electrons. The fourth-order valence-corrected chi connectivity index (χ4v) is 2.83. The predicted molar refractivity (Wildman–Crippen MR) is 87.0 cm³/mol. The summed E-state index contributed by atoms with van der Waals surface area (Å²) in [6.07, 6.45) is 0.488. The topological polar surface area (TPSA) is 112 Å². The summed E-state index contributed by atoms with van der Waals surface area (Å²) >= 11 is 0.890. The second kappa shape index (κ2) is 7.70. The first-order valence-electron chi connectivity index (χ1n) is 6.92. The number of carboxylic acids is 1. The Labute approximate surface area is 137 Å². The van der Waals surface area contributed by atoms with E-state index < -0.39 is 18.0 Å². The second-order valence-electron chi connectivity index (χ2n) is 4.91. The number of urea groups is 1. The molecule has 0 saturated heterocycles. The van der Waals surface area contributed by atoms with Gasteiger partial charge in [-0.05, 0) is 18.9 Å². The van der Waals surface area contributed by atoms with E-state index in [0.717, 1.165) is 16.9 Å². The van der Waals surface area contributed by atoms with Crippen LogP contribution in [0.2, 0.25) is 0 Å². The highest BCUT2D eigenvalue weighted by Gasteiger charge is 2.17. The van der Waals surface area contributed by atoms with Crippen LogP contribution < -0.4 is 10.6 Å². The van der Waals surface area contributed by atoms with Crippen molar-refractivity contribution in [1.82, 2.24) is 10.3 Å². The average Bonchev–Trinajstić information content (AvgIpc) is 2.88. The summed E-state index contributed by atoms with van der Waals surface area (Å²) < 4.78 is 0. The average molecular weight is 335 g/mol. The molecule has 2 amide bonds. The highest BCUT2D eigenvalue weighted by atomic mass is 32.1. The Morgan fingerprint density at radius 2 is 2.00 bits per heavy atom. The van der Waals surface area contributed by atoms with Crippen molar-refractivity contribution in [3.63, 3.8) is 0 Å². The van der Waals surface area contributed by atoms with Crippen molar-refractivity contribution >= 4 is 28.5 Å². The molecule has 4 N–H and O–H groups in total. The van der Waals surface area contributed by atoms with Crippen molar-refractivity contribution < 1.29 is 19.8 Å². The number of nitrogens with zero attached hydrogens (tertiary/aromatic N) is 1. The third-order valence-corrected chi connectivity index (χ3v) is 4.15. The summed E-state index contributed by atoms with van der Waals surface area (Å²) in [5.41, 5.74) is 1.34. The number of aliphatic hydroxyl groups excluding tert-OH is 1. The molecule has 2 aromatic rings. The molecule has 0 aliphatic carbocycles. The van der Waals surface area contributed by atoms with Gasteiger partial charge in [-0.1, -0.05) is 41.7 Å². The first-order valence-corrected chi connectivity index (χ1v) is 7.74. The Balaban J connectivity index is 1.95. The summed E-state index contributed by atoms with van der Waals surface area (Å²) in [7, 11) is 0. The summed E-state index contributed by atoms with van der Waals surface area (Å²) in [5, 5.41) is 23.7. The van der Waals surface area contributed by atoms with Crippen LogP contribution in [0.15, 0.2) is 30.3 Å².